The molecule has 1 saturated heterocycles. The van der Waals surface area contributed by atoms with Crippen LogP contribution >= 0.6 is 0 Å². The van der Waals surface area contributed by atoms with Crippen molar-refractivity contribution in [2.45, 2.75) is 44.8 Å². The molecule has 0 amide bonds. The van der Waals surface area contributed by atoms with Gasteiger partial charge in [-0.3, -0.25) is 0 Å². The monoisotopic (exact) mass is 267 g/mol. The second-order valence-corrected chi connectivity index (χ2v) is 5.09. The summed E-state index contributed by atoms with van der Waals surface area (Å²) in [6.45, 7) is 3.35. The Morgan fingerprint density at radius 1 is 1.53 bits per heavy atom. The average Bonchev–Trinajstić information content (AvgIpc) is 2.43. The molecule has 19 heavy (non-hydrogen) atoms. The summed E-state index contributed by atoms with van der Waals surface area (Å²) in [6.07, 6.45) is 3.43. The Hall–Kier alpha value is -1.13. The van der Waals surface area contributed by atoms with E-state index in [1.54, 1.807) is 6.07 Å². The molecule has 2 N–H and O–H groups in total. The molecule has 2 atom stereocenters. The largest absolute Gasteiger partial charge is 0.485 e. The lowest BCUT2D eigenvalue weighted by Crippen LogP contribution is -2.28. The van der Waals surface area contributed by atoms with Gasteiger partial charge in [-0.15, -0.1) is 0 Å². The smallest absolute Gasteiger partial charge is 0.165 e. The van der Waals surface area contributed by atoms with Crippen molar-refractivity contribution in [1.82, 2.24) is 0 Å². The third-order valence-electron chi connectivity index (χ3n) is 3.43. The Kier molecular flexibility index (Phi) is 5.16. The number of hydrogen-bond acceptors (Lipinski definition) is 3. The van der Waals surface area contributed by atoms with E-state index in [2.05, 4.69) is 0 Å². The van der Waals surface area contributed by atoms with Crippen LogP contribution in [0.25, 0.3) is 0 Å². The Balaban J connectivity index is 1.98. The molecule has 1 heterocycles. The molecule has 1 fully saturated rings. The van der Waals surface area contributed by atoms with Crippen LogP contribution in [0.5, 0.6) is 5.75 Å². The molecule has 2 rings (SSSR count). The lowest BCUT2D eigenvalue weighted by molar-refractivity contribution is 0.00587. The van der Waals surface area contributed by atoms with Gasteiger partial charge in [0.2, 0.25) is 0 Å². The SMILES string of the molecule is CCC(N)Cc1ccc(OC2CCCOC2)c(F)c1. The molecule has 0 aliphatic carbocycles. The van der Waals surface area contributed by atoms with E-state index >= 15 is 0 Å². The van der Waals surface area contributed by atoms with Gasteiger partial charge in [0, 0.05) is 12.6 Å². The average molecular weight is 267 g/mol. The summed E-state index contributed by atoms with van der Waals surface area (Å²) in [4.78, 5) is 0. The van der Waals surface area contributed by atoms with Crippen molar-refractivity contribution in [3.63, 3.8) is 0 Å². The van der Waals surface area contributed by atoms with Crippen LogP contribution in [-0.2, 0) is 11.2 Å². The predicted molar refractivity (Wildman–Crippen MR) is 72.8 cm³/mol. The van der Waals surface area contributed by atoms with E-state index in [1.165, 1.54) is 6.07 Å². The van der Waals surface area contributed by atoms with E-state index in [0.29, 0.717) is 18.8 Å². The number of halogens is 1. The molecular weight excluding hydrogens is 245 g/mol. The first-order valence-electron chi connectivity index (χ1n) is 6.97. The first-order valence-corrected chi connectivity index (χ1v) is 6.97. The normalized spacial score (nSPS) is 21.1. The highest BCUT2D eigenvalue weighted by Crippen LogP contribution is 2.22. The lowest BCUT2D eigenvalue weighted by Gasteiger charge is -2.23. The first kappa shape index (κ1) is 14.3. The minimum atomic E-state index is -0.314. The maximum absolute atomic E-state index is 14.0. The summed E-state index contributed by atoms with van der Waals surface area (Å²) in [5, 5.41) is 0. The lowest BCUT2D eigenvalue weighted by atomic mass is 10.0. The van der Waals surface area contributed by atoms with Gasteiger partial charge in [0.1, 0.15) is 6.10 Å². The summed E-state index contributed by atoms with van der Waals surface area (Å²) in [6, 6.07) is 5.19. The molecule has 2 unspecified atom stereocenters. The van der Waals surface area contributed by atoms with Gasteiger partial charge in [-0.25, -0.2) is 4.39 Å². The van der Waals surface area contributed by atoms with Gasteiger partial charge >= 0.3 is 0 Å². The van der Waals surface area contributed by atoms with Crippen molar-refractivity contribution in [2.24, 2.45) is 5.73 Å². The quantitative estimate of drug-likeness (QED) is 0.892. The third kappa shape index (κ3) is 4.18. The van der Waals surface area contributed by atoms with Crippen LogP contribution in [0, 0.1) is 5.82 Å². The molecule has 1 aliphatic heterocycles. The van der Waals surface area contributed by atoms with Crippen LogP contribution in [-0.4, -0.2) is 25.4 Å². The minimum absolute atomic E-state index is 0.0352. The molecule has 1 aromatic rings. The van der Waals surface area contributed by atoms with Crippen LogP contribution in [0.15, 0.2) is 18.2 Å². The molecule has 0 spiro atoms. The van der Waals surface area contributed by atoms with Crippen molar-refractivity contribution in [1.29, 1.82) is 0 Å². The number of hydrogen-bond donors (Lipinski definition) is 1. The second-order valence-electron chi connectivity index (χ2n) is 5.09. The summed E-state index contributed by atoms with van der Waals surface area (Å²) in [5.41, 5.74) is 6.79. The highest BCUT2D eigenvalue weighted by molar-refractivity contribution is 5.30. The molecule has 0 aromatic heterocycles. The molecule has 106 valence electrons. The molecule has 0 saturated carbocycles. The zero-order valence-electron chi connectivity index (χ0n) is 11.4. The molecule has 4 heteroatoms. The minimum Gasteiger partial charge on any atom is -0.485 e. The number of ether oxygens (including phenoxy) is 2. The fraction of sp³-hybridized carbons (Fsp3) is 0.600. The highest BCUT2D eigenvalue weighted by atomic mass is 19.1. The highest BCUT2D eigenvalue weighted by Gasteiger charge is 2.17. The Bertz CT molecular complexity index is 405. The van der Waals surface area contributed by atoms with Crippen LogP contribution in [0.2, 0.25) is 0 Å². The van der Waals surface area contributed by atoms with E-state index in [4.69, 9.17) is 15.2 Å². The van der Waals surface area contributed by atoms with Crippen LogP contribution < -0.4 is 10.5 Å². The van der Waals surface area contributed by atoms with Crippen LogP contribution in [0.4, 0.5) is 4.39 Å². The van der Waals surface area contributed by atoms with Gasteiger partial charge in [-0.05, 0) is 43.4 Å². The van der Waals surface area contributed by atoms with Crippen molar-refractivity contribution < 1.29 is 13.9 Å². The zero-order valence-corrected chi connectivity index (χ0v) is 11.4. The molecule has 0 bridgehead atoms. The number of benzene rings is 1. The van der Waals surface area contributed by atoms with E-state index < -0.39 is 0 Å². The summed E-state index contributed by atoms with van der Waals surface area (Å²) in [7, 11) is 0. The number of rotatable bonds is 5. The molecule has 0 radical (unpaired) electrons. The van der Waals surface area contributed by atoms with Gasteiger partial charge in [0.05, 0.1) is 6.61 Å². The van der Waals surface area contributed by atoms with Crippen molar-refractivity contribution in [2.75, 3.05) is 13.2 Å². The second kappa shape index (κ2) is 6.87. The Morgan fingerprint density at radius 3 is 3.00 bits per heavy atom. The number of nitrogens with two attached hydrogens (primary N) is 1. The van der Waals surface area contributed by atoms with Gasteiger partial charge in [0.25, 0.3) is 0 Å². The third-order valence-corrected chi connectivity index (χ3v) is 3.43. The molecular formula is C15H22FNO2. The van der Waals surface area contributed by atoms with Crippen LogP contribution in [0.1, 0.15) is 31.7 Å². The van der Waals surface area contributed by atoms with E-state index in [9.17, 15) is 4.39 Å². The van der Waals surface area contributed by atoms with Gasteiger partial charge < -0.3 is 15.2 Å². The van der Waals surface area contributed by atoms with Gasteiger partial charge in [0.15, 0.2) is 11.6 Å². The maximum Gasteiger partial charge on any atom is 0.165 e. The maximum atomic E-state index is 14.0. The Labute approximate surface area is 113 Å². The van der Waals surface area contributed by atoms with E-state index in [1.807, 2.05) is 13.0 Å². The predicted octanol–water partition coefficient (Wildman–Crippen LogP) is 2.66. The van der Waals surface area contributed by atoms with E-state index in [0.717, 1.165) is 31.4 Å². The standard InChI is InChI=1S/C15H22FNO2/c1-2-12(17)8-11-5-6-15(14(16)9-11)19-13-4-3-7-18-10-13/h5-6,9,12-13H,2-4,7-8,10,17H2,1H3. The zero-order chi connectivity index (χ0) is 13.7. The van der Waals surface area contributed by atoms with Crippen molar-refractivity contribution in [3.8, 4) is 5.75 Å². The van der Waals surface area contributed by atoms with Crippen LogP contribution in [0.3, 0.4) is 0 Å². The topological polar surface area (TPSA) is 44.5 Å². The molecule has 1 aromatic carbocycles. The molecule has 1 aliphatic rings. The van der Waals surface area contributed by atoms with Gasteiger partial charge in [-0.1, -0.05) is 13.0 Å². The Morgan fingerprint density at radius 2 is 2.37 bits per heavy atom. The van der Waals surface area contributed by atoms with Gasteiger partial charge in [-0.2, -0.15) is 0 Å². The fourth-order valence-corrected chi connectivity index (χ4v) is 2.20. The van der Waals surface area contributed by atoms with Crippen molar-refractivity contribution >= 4 is 0 Å². The first-order chi connectivity index (χ1) is 9.19. The van der Waals surface area contributed by atoms with E-state index in [-0.39, 0.29) is 18.0 Å². The summed E-state index contributed by atoms with van der Waals surface area (Å²) < 4.78 is 24.9. The fourth-order valence-electron chi connectivity index (χ4n) is 2.20. The summed E-state index contributed by atoms with van der Waals surface area (Å²) in [5.74, 6) is -0.00398. The summed E-state index contributed by atoms with van der Waals surface area (Å²) >= 11 is 0. The van der Waals surface area contributed by atoms with Crippen molar-refractivity contribution in [3.05, 3.63) is 29.6 Å². The molecule has 3 nitrogen and oxygen atoms in total.